The van der Waals surface area contributed by atoms with Gasteiger partial charge >= 0.3 is 5.97 Å². The SMILES string of the molecule is CCCN(CC(=O)O)C(C)C(=O)N(C)Cc1ccc2cc(OC)ccc2c1.Cl. The van der Waals surface area contributed by atoms with E-state index in [-0.39, 0.29) is 24.9 Å². The largest absolute Gasteiger partial charge is 0.497 e. The summed E-state index contributed by atoms with van der Waals surface area (Å²) in [5, 5.41) is 11.2. The number of rotatable bonds is 9. The smallest absolute Gasteiger partial charge is 0.317 e. The highest BCUT2D eigenvalue weighted by Gasteiger charge is 2.25. The Balaban J connectivity index is 0.00000392. The molecule has 0 radical (unpaired) electrons. The monoisotopic (exact) mass is 408 g/mol. The van der Waals surface area contributed by atoms with E-state index in [4.69, 9.17) is 9.84 Å². The second-order valence-electron chi connectivity index (χ2n) is 6.78. The molecule has 0 aromatic heterocycles. The van der Waals surface area contributed by atoms with Crippen molar-refractivity contribution in [3.8, 4) is 5.75 Å². The number of ether oxygens (including phenoxy) is 1. The van der Waals surface area contributed by atoms with Crippen molar-refractivity contribution in [3.05, 3.63) is 42.0 Å². The van der Waals surface area contributed by atoms with Crippen LogP contribution in [0.1, 0.15) is 25.8 Å². The van der Waals surface area contributed by atoms with Gasteiger partial charge in [-0.15, -0.1) is 12.4 Å². The Morgan fingerprint density at radius 2 is 1.79 bits per heavy atom. The van der Waals surface area contributed by atoms with Gasteiger partial charge in [0.1, 0.15) is 5.75 Å². The first kappa shape index (κ1) is 23.7. The summed E-state index contributed by atoms with van der Waals surface area (Å²) in [6.45, 7) is 4.65. The Labute approximate surface area is 172 Å². The molecule has 2 rings (SSSR count). The zero-order chi connectivity index (χ0) is 20.0. The van der Waals surface area contributed by atoms with Crippen LogP contribution >= 0.6 is 12.4 Å². The lowest BCUT2D eigenvalue weighted by Gasteiger charge is -2.30. The number of hydrogen-bond donors (Lipinski definition) is 1. The second kappa shape index (κ2) is 10.9. The molecule has 0 bridgehead atoms. The van der Waals surface area contributed by atoms with E-state index in [1.165, 1.54) is 0 Å². The molecular formula is C21H29ClN2O4. The van der Waals surface area contributed by atoms with Gasteiger partial charge in [0.05, 0.1) is 19.7 Å². The maximum absolute atomic E-state index is 12.8. The number of amides is 1. The van der Waals surface area contributed by atoms with Crippen molar-refractivity contribution in [2.45, 2.75) is 32.9 Å². The lowest BCUT2D eigenvalue weighted by molar-refractivity contribution is -0.142. The summed E-state index contributed by atoms with van der Waals surface area (Å²) in [4.78, 5) is 27.2. The van der Waals surface area contributed by atoms with Crippen LogP contribution in [-0.2, 0) is 16.1 Å². The van der Waals surface area contributed by atoms with Gasteiger partial charge in [-0.25, -0.2) is 0 Å². The summed E-state index contributed by atoms with van der Waals surface area (Å²) in [5.41, 5.74) is 1.02. The van der Waals surface area contributed by atoms with Gasteiger partial charge in [0.15, 0.2) is 0 Å². The van der Waals surface area contributed by atoms with Gasteiger partial charge in [0.25, 0.3) is 0 Å². The molecule has 1 amide bonds. The zero-order valence-corrected chi connectivity index (χ0v) is 17.7. The lowest BCUT2D eigenvalue weighted by Crippen LogP contribution is -2.47. The summed E-state index contributed by atoms with van der Waals surface area (Å²) in [5.74, 6) is -0.193. The lowest BCUT2D eigenvalue weighted by atomic mass is 10.1. The topological polar surface area (TPSA) is 70.1 Å². The Morgan fingerprint density at radius 3 is 2.39 bits per heavy atom. The molecular weight excluding hydrogens is 380 g/mol. The zero-order valence-electron chi connectivity index (χ0n) is 16.8. The van der Waals surface area contributed by atoms with Crippen molar-refractivity contribution in [1.82, 2.24) is 9.80 Å². The van der Waals surface area contributed by atoms with E-state index < -0.39 is 12.0 Å². The molecule has 0 aliphatic carbocycles. The molecule has 1 N–H and O–H groups in total. The molecule has 154 valence electrons. The summed E-state index contributed by atoms with van der Waals surface area (Å²) >= 11 is 0. The number of carbonyl (C=O) groups excluding carboxylic acids is 1. The van der Waals surface area contributed by atoms with Crippen molar-refractivity contribution < 1.29 is 19.4 Å². The second-order valence-corrected chi connectivity index (χ2v) is 6.78. The maximum Gasteiger partial charge on any atom is 0.317 e. The molecule has 0 fully saturated rings. The number of aliphatic carboxylic acids is 1. The molecule has 1 atom stereocenters. The van der Waals surface area contributed by atoms with E-state index in [1.807, 2.05) is 37.3 Å². The Kier molecular flexibility index (Phi) is 9.22. The van der Waals surface area contributed by atoms with Crippen LogP contribution in [0.2, 0.25) is 0 Å². The molecule has 0 saturated heterocycles. The molecule has 0 saturated carbocycles. The Hall–Kier alpha value is -2.31. The van der Waals surface area contributed by atoms with Crippen molar-refractivity contribution in [2.75, 3.05) is 27.2 Å². The molecule has 0 aliphatic heterocycles. The predicted molar refractivity (Wildman–Crippen MR) is 113 cm³/mol. The number of carbonyl (C=O) groups is 2. The van der Waals surface area contributed by atoms with Gasteiger partial charge in [0.2, 0.25) is 5.91 Å². The van der Waals surface area contributed by atoms with Gasteiger partial charge in [-0.1, -0.05) is 25.1 Å². The molecule has 7 heteroatoms. The molecule has 2 aromatic carbocycles. The van der Waals surface area contributed by atoms with Crippen LogP contribution in [0.25, 0.3) is 10.8 Å². The quantitative estimate of drug-likeness (QED) is 0.688. The highest BCUT2D eigenvalue weighted by molar-refractivity contribution is 5.86. The van der Waals surface area contributed by atoms with Gasteiger partial charge in [-0.05, 0) is 54.4 Å². The first-order valence-electron chi connectivity index (χ1n) is 9.13. The van der Waals surface area contributed by atoms with E-state index in [1.54, 1.807) is 30.9 Å². The summed E-state index contributed by atoms with van der Waals surface area (Å²) in [6, 6.07) is 11.5. The number of likely N-dealkylation sites (N-methyl/N-ethyl adjacent to an activating group) is 1. The highest BCUT2D eigenvalue weighted by atomic mass is 35.5. The fourth-order valence-electron chi connectivity index (χ4n) is 3.20. The normalized spacial score (nSPS) is 11.8. The van der Waals surface area contributed by atoms with Gasteiger partial charge in [0, 0.05) is 13.6 Å². The number of halogens is 1. The Morgan fingerprint density at radius 1 is 1.14 bits per heavy atom. The minimum absolute atomic E-state index is 0. The average Bonchev–Trinajstić information content (AvgIpc) is 2.65. The van der Waals surface area contributed by atoms with Crippen LogP contribution in [0, 0.1) is 0 Å². The number of nitrogens with zero attached hydrogens (tertiary/aromatic N) is 2. The molecule has 0 heterocycles. The van der Waals surface area contributed by atoms with Gasteiger partial charge in [-0.2, -0.15) is 0 Å². The van der Waals surface area contributed by atoms with E-state index in [0.29, 0.717) is 13.1 Å². The summed E-state index contributed by atoms with van der Waals surface area (Å²) in [6.07, 6.45) is 0.794. The van der Waals surface area contributed by atoms with Crippen LogP contribution in [0.3, 0.4) is 0 Å². The number of carboxylic acid groups (broad SMARTS) is 1. The number of carboxylic acids is 1. The number of hydrogen-bond acceptors (Lipinski definition) is 4. The van der Waals surface area contributed by atoms with Gasteiger partial charge in [-0.3, -0.25) is 14.5 Å². The van der Waals surface area contributed by atoms with Crippen molar-refractivity contribution in [1.29, 1.82) is 0 Å². The third-order valence-electron chi connectivity index (χ3n) is 4.66. The summed E-state index contributed by atoms with van der Waals surface area (Å²) in [7, 11) is 3.39. The van der Waals surface area contributed by atoms with Crippen LogP contribution < -0.4 is 4.74 Å². The first-order chi connectivity index (χ1) is 12.8. The van der Waals surface area contributed by atoms with E-state index >= 15 is 0 Å². The highest BCUT2D eigenvalue weighted by Crippen LogP contribution is 2.22. The van der Waals surface area contributed by atoms with Gasteiger partial charge < -0.3 is 14.7 Å². The van der Waals surface area contributed by atoms with Crippen molar-refractivity contribution in [3.63, 3.8) is 0 Å². The molecule has 1 unspecified atom stereocenters. The fourth-order valence-corrected chi connectivity index (χ4v) is 3.20. The standard InChI is InChI=1S/C21H28N2O4.ClH/c1-5-10-23(14-20(24)25)15(2)21(26)22(3)13-16-6-7-18-12-19(27-4)9-8-17(18)11-16;/h6-9,11-12,15H,5,10,13-14H2,1-4H3,(H,24,25);1H. The van der Waals surface area contributed by atoms with Crippen LogP contribution in [0.4, 0.5) is 0 Å². The fraction of sp³-hybridized carbons (Fsp3) is 0.429. The summed E-state index contributed by atoms with van der Waals surface area (Å²) < 4.78 is 5.25. The maximum atomic E-state index is 12.8. The number of fused-ring (bicyclic) bond motifs is 1. The minimum atomic E-state index is -0.921. The van der Waals surface area contributed by atoms with Crippen LogP contribution in [0.15, 0.2) is 36.4 Å². The molecule has 0 spiro atoms. The number of methoxy groups -OCH3 is 1. The van der Waals surface area contributed by atoms with E-state index in [9.17, 15) is 9.59 Å². The minimum Gasteiger partial charge on any atom is -0.497 e. The first-order valence-corrected chi connectivity index (χ1v) is 9.13. The van der Waals surface area contributed by atoms with Crippen molar-refractivity contribution >= 4 is 35.1 Å². The third-order valence-corrected chi connectivity index (χ3v) is 4.66. The van der Waals surface area contributed by atoms with E-state index in [2.05, 4.69) is 6.07 Å². The molecule has 2 aromatic rings. The van der Waals surface area contributed by atoms with Crippen LogP contribution in [-0.4, -0.2) is 60.1 Å². The Bertz CT molecular complexity index is 812. The third kappa shape index (κ3) is 6.11. The average molecular weight is 409 g/mol. The molecule has 28 heavy (non-hydrogen) atoms. The molecule has 6 nitrogen and oxygen atoms in total. The van der Waals surface area contributed by atoms with Crippen LogP contribution in [0.5, 0.6) is 5.75 Å². The van der Waals surface area contributed by atoms with Crippen molar-refractivity contribution in [2.24, 2.45) is 0 Å². The van der Waals surface area contributed by atoms with E-state index in [0.717, 1.165) is 28.5 Å². The predicted octanol–water partition coefficient (Wildman–Crippen LogP) is 3.41. The molecule has 0 aliphatic rings. The number of benzene rings is 2.